The van der Waals surface area contributed by atoms with E-state index >= 15 is 0 Å². The number of carboxylic acids is 1. The Labute approximate surface area is 105 Å². The molecule has 1 aliphatic carbocycles. The summed E-state index contributed by atoms with van der Waals surface area (Å²) in [6.07, 6.45) is 3.34. The molecule has 2 rings (SSSR count). The van der Waals surface area contributed by atoms with Gasteiger partial charge in [-0.1, -0.05) is 19.9 Å². The van der Waals surface area contributed by atoms with Crippen LogP contribution in [0.1, 0.15) is 19.4 Å². The molecule has 1 aromatic rings. The Morgan fingerprint density at radius 1 is 1.44 bits per heavy atom. The van der Waals surface area contributed by atoms with Crippen molar-refractivity contribution in [2.45, 2.75) is 20.4 Å². The summed E-state index contributed by atoms with van der Waals surface area (Å²) in [7, 11) is 0. The molecule has 18 heavy (non-hydrogen) atoms. The zero-order valence-electron chi connectivity index (χ0n) is 10.4. The molecule has 0 bridgehead atoms. The number of nitrogens with one attached hydrogen (secondary N) is 1. The fraction of sp³-hybridized carbons (Fsp3) is 0.462. The number of aromatic nitrogens is 1. The summed E-state index contributed by atoms with van der Waals surface area (Å²) in [5, 5.41) is 11.8. The molecule has 1 amide bonds. The van der Waals surface area contributed by atoms with Crippen LogP contribution in [-0.2, 0) is 16.1 Å². The number of carboxylic acid groups (broad SMARTS) is 1. The van der Waals surface area contributed by atoms with Gasteiger partial charge >= 0.3 is 5.97 Å². The summed E-state index contributed by atoms with van der Waals surface area (Å²) in [5.74, 6) is -2.11. The maximum absolute atomic E-state index is 11.9. The van der Waals surface area contributed by atoms with Crippen molar-refractivity contribution in [1.29, 1.82) is 0 Å². The smallest absolute Gasteiger partial charge is 0.307 e. The molecule has 0 radical (unpaired) electrons. The average molecular weight is 248 g/mol. The topological polar surface area (TPSA) is 79.3 Å². The Balaban J connectivity index is 1.93. The molecule has 5 nitrogen and oxygen atoms in total. The Morgan fingerprint density at radius 3 is 2.67 bits per heavy atom. The lowest BCUT2D eigenvalue weighted by Gasteiger charge is -2.05. The first-order valence-corrected chi connectivity index (χ1v) is 5.84. The van der Waals surface area contributed by atoms with E-state index < -0.39 is 23.2 Å². The van der Waals surface area contributed by atoms with Crippen LogP contribution in [0.25, 0.3) is 0 Å². The highest BCUT2D eigenvalue weighted by molar-refractivity contribution is 5.91. The van der Waals surface area contributed by atoms with Crippen LogP contribution in [0.2, 0.25) is 0 Å². The summed E-state index contributed by atoms with van der Waals surface area (Å²) >= 11 is 0. The number of carbonyl (C=O) groups is 2. The minimum atomic E-state index is -0.901. The third kappa shape index (κ3) is 2.20. The molecule has 0 aliphatic heterocycles. The van der Waals surface area contributed by atoms with Crippen LogP contribution in [0, 0.1) is 17.3 Å². The second-order valence-electron chi connectivity index (χ2n) is 5.19. The standard InChI is InChI=1S/C13H16N2O3/c1-13(2)9(10(13)12(17)18)11(16)15-7-8-4-3-5-14-6-8/h3-6,9-10H,7H2,1-2H3,(H,15,16)(H,17,18)/t9-,10+/m0/s1. The Bertz CT molecular complexity index is 470. The predicted octanol–water partition coefficient (Wildman–Crippen LogP) is 1.05. The van der Waals surface area contributed by atoms with Gasteiger partial charge in [0.25, 0.3) is 0 Å². The maximum Gasteiger partial charge on any atom is 0.307 e. The van der Waals surface area contributed by atoms with E-state index in [1.807, 2.05) is 6.07 Å². The van der Waals surface area contributed by atoms with Crippen LogP contribution in [0.15, 0.2) is 24.5 Å². The number of aliphatic carboxylic acids is 1. The van der Waals surface area contributed by atoms with Gasteiger partial charge in [0.15, 0.2) is 0 Å². The lowest BCUT2D eigenvalue weighted by molar-refractivity contribution is -0.140. The summed E-state index contributed by atoms with van der Waals surface area (Å²) < 4.78 is 0. The number of pyridine rings is 1. The van der Waals surface area contributed by atoms with Crippen molar-refractivity contribution in [1.82, 2.24) is 10.3 Å². The number of amides is 1. The highest BCUT2D eigenvalue weighted by atomic mass is 16.4. The monoisotopic (exact) mass is 248 g/mol. The normalized spacial score (nSPS) is 24.3. The summed E-state index contributed by atoms with van der Waals surface area (Å²) in [4.78, 5) is 26.8. The van der Waals surface area contributed by atoms with Crippen LogP contribution in [-0.4, -0.2) is 22.0 Å². The zero-order chi connectivity index (χ0) is 13.3. The van der Waals surface area contributed by atoms with Gasteiger partial charge in [-0.3, -0.25) is 14.6 Å². The van der Waals surface area contributed by atoms with Crippen molar-refractivity contribution in [3.05, 3.63) is 30.1 Å². The van der Waals surface area contributed by atoms with Crippen LogP contribution >= 0.6 is 0 Å². The molecule has 1 aliphatic rings. The molecule has 2 atom stereocenters. The highest BCUT2D eigenvalue weighted by Crippen LogP contribution is 2.58. The second kappa shape index (κ2) is 4.40. The van der Waals surface area contributed by atoms with E-state index in [0.29, 0.717) is 6.54 Å². The lowest BCUT2D eigenvalue weighted by atomic mass is 10.1. The maximum atomic E-state index is 11.9. The Kier molecular flexibility index (Phi) is 3.07. The fourth-order valence-corrected chi connectivity index (χ4v) is 2.39. The van der Waals surface area contributed by atoms with E-state index in [1.165, 1.54) is 0 Å². The van der Waals surface area contributed by atoms with Crippen LogP contribution in [0.4, 0.5) is 0 Å². The van der Waals surface area contributed by atoms with Gasteiger partial charge in [-0.25, -0.2) is 0 Å². The molecule has 0 saturated heterocycles. The summed E-state index contributed by atoms with van der Waals surface area (Å²) in [6.45, 7) is 3.99. The van der Waals surface area contributed by atoms with E-state index in [1.54, 1.807) is 32.3 Å². The van der Waals surface area contributed by atoms with Crippen molar-refractivity contribution in [3.8, 4) is 0 Å². The summed E-state index contributed by atoms with van der Waals surface area (Å²) in [5.41, 5.74) is 0.446. The minimum absolute atomic E-state index is 0.198. The van der Waals surface area contributed by atoms with E-state index in [0.717, 1.165) is 5.56 Å². The van der Waals surface area contributed by atoms with Crippen molar-refractivity contribution in [2.24, 2.45) is 17.3 Å². The van der Waals surface area contributed by atoms with Crippen LogP contribution in [0.3, 0.4) is 0 Å². The molecule has 0 spiro atoms. The van der Waals surface area contributed by atoms with Crippen molar-refractivity contribution in [2.75, 3.05) is 0 Å². The number of rotatable bonds is 4. The van der Waals surface area contributed by atoms with Gasteiger partial charge in [-0.15, -0.1) is 0 Å². The van der Waals surface area contributed by atoms with Gasteiger partial charge in [0.2, 0.25) is 5.91 Å². The summed E-state index contributed by atoms with van der Waals surface area (Å²) in [6, 6.07) is 3.66. The molecular formula is C13H16N2O3. The number of hydrogen-bond acceptors (Lipinski definition) is 3. The molecule has 0 aromatic carbocycles. The van der Waals surface area contributed by atoms with Gasteiger partial charge < -0.3 is 10.4 Å². The Hall–Kier alpha value is -1.91. The van der Waals surface area contributed by atoms with Crippen molar-refractivity contribution < 1.29 is 14.7 Å². The van der Waals surface area contributed by atoms with Gasteiger partial charge in [-0.05, 0) is 17.0 Å². The molecule has 1 heterocycles. The molecule has 5 heteroatoms. The first-order chi connectivity index (χ1) is 8.44. The van der Waals surface area contributed by atoms with E-state index in [-0.39, 0.29) is 5.91 Å². The van der Waals surface area contributed by atoms with Crippen LogP contribution in [0.5, 0.6) is 0 Å². The van der Waals surface area contributed by atoms with E-state index in [4.69, 9.17) is 5.11 Å². The van der Waals surface area contributed by atoms with Crippen molar-refractivity contribution >= 4 is 11.9 Å². The molecule has 1 fully saturated rings. The Morgan fingerprint density at radius 2 is 2.17 bits per heavy atom. The van der Waals surface area contributed by atoms with Gasteiger partial charge in [0, 0.05) is 18.9 Å². The fourth-order valence-electron chi connectivity index (χ4n) is 2.39. The van der Waals surface area contributed by atoms with Gasteiger partial charge in [-0.2, -0.15) is 0 Å². The van der Waals surface area contributed by atoms with Gasteiger partial charge in [0.05, 0.1) is 11.8 Å². The highest BCUT2D eigenvalue weighted by Gasteiger charge is 2.65. The number of hydrogen-bond donors (Lipinski definition) is 2. The molecule has 1 aromatic heterocycles. The number of nitrogens with zero attached hydrogens (tertiary/aromatic N) is 1. The predicted molar refractivity (Wildman–Crippen MR) is 64.5 cm³/mol. The van der Waals surface area contributed by atoms with Crippen molar-refractivity contribution in [3.63, 3.8) is 0 Å². The largest absolute Gasteiger partial charge is 0.481 e. The average Bonchev–Trinajstić information content (AvgIpc) is 2.91. The molecule has 0 unspecified atom stereocenters. The molecule has 1 saturated carbocycles. The molecule has 2 N–H and O–H groups in total. The second-order valence-corrected chi connectivity index (χ2v) is 5.19. The van der Waals surface area contributed by atoms with E-state index in [2.05, 4.69) is 10.3 Å². The first kappa shape index (κ1) is 12.5. The first-order valence-electron chi connectivity index (χ1n) is 5.84. The SMILES string of the molecule is CC1(C)[C@H](C(=O)NCc2cccnc2)[C@@H]1C(=O)O. The third-order valence-electron chi connectivity index (χ3n) is 3.57. The molecular weight excluding hydrogens is 232 g/mol. The third-order valence-corrected chi connectivity index (χ3v) is 3.57. The minimum Gasteiger partial charge on any atom is -0.481 e. The van der Waals surface area contributed by atoms with Gasteiger partial charge in [0.1, 0.15) is 0 Å². The molecule has 96 valence electrons. The zero-order valence-corrected chi connectivity index (χ0v) is 10.4. The van der Waals surface area contributed by atoms with E-state index in [9.17, 15) is 9.59 Å². The lowest BCUT2D eigenvalue weighted by Crippen LogP contribution is -2.26. The number of carbonyl (C=O) groups excluding carboxylic acids is 1. The van der Waals surface area contributed by atoms with Crippen LogP contribution < -0.4 is 5.32 Å². The quantitative estimate of drug-likeness (QED) is 0.834.